The molecule has 0 spiro atoms. The fraction of sp³-hybridized carbons (Fsp3) is 0.917. The molecule has 3 heterocycles. The minimum atomic E-state index is -1.87. The summed E-state index contributed by atoms with van der Waals surface area (Å²) in [6.45, 7) is 13.0. The first-order valence-electron chi connectivity index (χ1n) is 24.3. The number of hydrogen-bond donors (Lipinski definition) is 11. The van der Waals surface area contributed by atoms with Crippen LogP contribution in [0.1, 0.15) is 113 Å². The zero-order valence-corrected chi connectivity index (χ0v) is 39.7. The van der Waals surface area contributed by atoms with Crippen LogP contribution < -0.4 is 0 Å². The van der Waals surface area contributed by atoms with Crippen molar-refractivity contribution in [3.63, 3.8) is 0 Å². The predicted molar refractivity (Wildman–Crippen MR) is 231 cm³/mol. The largest absolute Gasteiger partial charge is 0.481 e. The van der Waals surface area contributed by atoms with Gasteiger partial charge >= 0.3 is 11.9 Å². The van der Waals surface area contributed by atoms with Crippen LogP contribution in [-0.2, 0) is 38.0 Å². The Kier molecular flexibility index (Phi) is 13.8. The Bertz CT molecular complexity index is 1880. The highest BCUT2D eigenvalue weighted by Gasteiger charge is 2.71. The molecule has 8 rings (SSSR count). The van der Waals surface area contributed by atoms with Crippen molar-refractivity contribution >= 4 is 11.9 Å². The number of ether oxygens (including phenoxy) is 6. The maximum atomic E-state index is 15.0. The molecule has 0 amide bonds. The maximum Gasteiger partial charge on any atom is 0.315 e. The molecule has 3 aliphatic heterocycles. The summed E-state index contributed by atoms with van der Waals surface area (Å²) in [4.78, 5) is 27.8. The molecule has 19 nitrogen and oxygen atoms in total. The average Bonchev–Trinajstić information content (AvgIpc) is 3.27. The summed E-state index contributed by atoms with van der Waals surface area (Å²) in [5, 5.41) is 118. The number of hydrogen-bond acceptors (Lipinski definition) is 18. The third kappa shape index (κ3) is 7.97. The van der Waals surface area contributed by atoms with Gasteiger partial charge in [-0.25, -0.2) is 0 Å². The number of aliphatic carboxylic acids is 1. The molecular weight excluding hydrogens is 881 g/mol. The van der Waals surface area contributed by atoms with E-state index in [1.807, 2.05) is 0 Å². The summed E-state index contributed by atoms with van der Waals surface area (Å²) in [7, 11) is 0. The van der Waals surface area contributed by atoms with E-state index in [-0.39, 0.29) is 39.4 Å². The fourth-order valence-electron chi connectivity index (χ4n) is 14.8. The van der Waals surface area contributed by atoms with Crippen LogP contribution in [0, 0.1) is 50.2 Å². The van der Waals surface area contributed by atoms with Gasteiger partial charge in [0.2, 0.25) is 6.29 Å². The zero-order chi connectivity index (χ0) is 49.1. The van der Waals surface area contributed by atoms with Crippen molar-refractivity contribution in [2.45, 2.75) is 211 Å². The molecule has 8 aliphatic rings. The highest BCUT2D eigenvalue weighted by atomic mass is 16.8. The molecule has 3 saturated heterocycles. The van der Waals surface area contributed by atoms with Gasteiger partial charge in [0.25, 0.3) is 0 Å². The van der Waals surface area contributed by atoms with Crippen LogP contribution in [0.4, 0.5) is 0 Å². The Balaban J connectivity index is 0.981. The number of aliphatic hydroxyl groups is 10. The van der Waals surface area contributed by atoms with Crippen LogP contribution in [0.5, 0.6) is 0 Å². The zero-order valence-electron chi connectivity index (χ0n) is 39.7. The number of carboxylic acids is 1. The molecule has 24 atom stereocenters. The monoisotopic (exact) mass is 956 g/mol. The van der Waals surface area contributed by atoms with Gasteiger partial charge in [0.1, 0.15) is 67.1 Å². The summed E-state index contributed by atoms with van der Waals surface area (Å²) in [5.74, 6) is -1.87. The van der Waals surface area contributed by atoms with Gasteiger partial charge in [-0.15, -0.1) is 0 Å². The van der Waals surface area contributed by atoms with E-state index in [4.69, 9.17) is 28.4 Å². The quantitative estimate of drug-likeness (QED) is 0.109. The smallest absolute Gasteiger partial charge is 0.315 e. The topological polar surface area (TPSA) is 312 Å². The van der Waals surface area contributed by atoms with E-state index >= 15 is 0 Å². The van der Waals surface area contributed by atoms with Crippen LogP contribution in [0.25, 0.3) is 0 Å². The minimum absolute atomic E-state index is 0.128. The van der Waals surface area contributed by atoms with Crippen molar-refractivity contribution in [3.8, 4) is 0 Å². The Morgan fingerprint density at radius 2 is 1.31 bits per heavy atom. The highest BCUT2D eigenvalue weighted by Crippen LogP contribution is 2.76. The first-order valence-corrected chi connectivity index (χ1v) is 24.3. The Hall–Kier alpha value is -1.92. The third-order valence-electron chi connectivity index (χ3n) is 19.4. The number of aliphatic hydroxyl groups excluding tert-OH is 10. The number of allylic oxidation sites excluding steroid dienone is 2. The van der Waals surface area contributed by atoms with Gasteiger partial charge in [0, 0.05) is 0 Å². The van der Waals surface area contributed by atoms with Gasteiger partial charge in [0.05, 0.1) is 36.3 Å². The van der Waals surface area contributed by atoms with Gasteiger partial charge < -0.3 is 84.6 Å². The summed E-state index contributed by atoms with van der Waals surface area (Å²) < 4.78 is 34.7. The molecule has 0 aromatic carbocycles. The summed E-state index contributed by atoms with van der Waals surface area (Å²) in [6, 6.07) is 0. The first kappa shape index (κ1) is 51.4. The van der Waals surface area contributed by atoms with Gasteiger partial charge in [-0.05, 0) is 117 Å². The number of rotatable bonds is 9. The number of carbonyl (C=O) groups excluding carboxylic acids is 1. The molecule has 67 heavy (non-hydrogen) atoms. The van der Waals surface area contributed by atoms with Crippen LogP contribution in [-0.4, -0.2) is 180 Å². The summed E-state index contributed by atoms with van der Waals surface area (Å²) in [5.41, 5.74) is -2.13. The number of esters is 1. The lowest BCUT2D eigenvalue weighted by molar-refractivity contribution is -0.361. The molecule has 382 valence electrons. The second kappa shape index (κ2) is 18.0. The van der Waals surface area contributed by atoms with Crippen molar-refractivity contribution in [3.05, 3.63) is 11.6 Å². The normalized spacial score (nSPS) is 54.0. The first-order chi connectivity index (χ1) is 31.2. The minimum Gasteiger partial charge on any atom is -0.481 e. The molecule has 0 bridgehead atoms. The highest BCUT2D eigenvalue weighted by molar-refractivity contribution is 5.79. The molecule has 0 radical (unpaired) electrons. The van der Waals surface area contributed by atoms with Gasteiger partial charge in [-0.3, -0.25) is 9.59 Å². The lowest BCUT2D eigenvalue weighted by Gasteiger charge is -2.71. The number of carboxylic acid groups (broad SMARTS) is 1. The van der Waals surface area contributed by atoms with Crippen molar-refractivity contribution in [2.75, 3.05) is 13.2 Å². The predicted octanol–water partition coefficient (Wildman–Crippen LogP) is 0.233. The summed E-state index contributed by atoms with van der Waals surface area (Å²) >= 11 is 0. The standard InChI is InChI=1S/C48H76O19/c1-21-29(51)31(53)34(56)39(63-21)66-37-24(19-49)64-38(36(58)33(37)55)62-20-25-30(52)32(54)35(57)40(65-25)67-42(61)48-16-14-43(2,3)18-23(48)22-8-9-26-44(4)12-11-28(50)47(7,41(59)60)27(44)10-13-46(26,6)45(22,5)15-17-48/h8,21,23-40,49-58H,9-20H2,1-7H3,(H,59,60)/t21-,23-,24-,25-,26-,27-,28-,29-,30-,31+,32+,33-,34-,35-,36-,37-,38-,39+,40+,44-,45-,46-,47-,48-/m0/s1. The molecule has 4 saturated carbocycles. The van der Waals surface area contributed by atoms with Crippen LogP contribution in [0.2, 0.25) is 0 Å². The molecule has 19 heteroatoms. The van der Waals surface area contributed by atoms with Crippen molar-refractivity contribution in [2.24, 2.45) is 50.2 Å². The Labute approximate surface area is 391 Å². The molecule has 0 aromatic heterocycles. The molecule has 11 N–H and O–H groups in total. The van der Waals surface area contributed by atoms with E-state index in [0.717, 1.165) is 19.3 Å². The van der Waals surface area contributed by atoms with E-state index in [1.54, 1.807) is 6.92 Å². The third-order valence-corrected chi connectivity index (χ3v) is 19.4. The van der Waals surface area contributed by atoms with Crippen molar-refractivity contribution < 1.29 is 94.2 Å². The second-order valence-corrected chi connectivity index (χ2v) is 23.3. The van der Waals surface area contributed by atoms with Gasteiger partial charge in [-0.2, -0.15) is 0 Å². The van der Waals surface area contributed by atoms with E-state index in [2.05, 4.69) is 40.7 Å². The lowest BCUT2D eigenvalue weighted by Crippen LogP contribution is -2.66. The van der Waals surface area contributed by atoms with E-state index in [1.165, 1.54) is 12.5 Å². The SMILES string of the molecule is C[C@@H]1O[C@H](O[C@@H]2[C@@H](O)[C@H](O)[C@@H](OC[C@@H]3O[C@H](OC(=O)[C@]45CCC(C)(C)C[C@H]4C4=CC[C@H]6[C@]7(C)CC[C@H](O)[C@@](C)(C(=O)O)[C@H]7CC[C@]6(C)[C@@]4(C)CC5)[C@@H](O)[C@H](O)[C@H]3O)O[C@H]2CO)[C@@H](O)[C@H](O)[C@H]1O. The van der Waals surface area contributed by atoms with E-state index < -0.39 is 134 Å². The van der Waals surface area contributed by atoms with E-state index in [0.29, 0.717) is 44.9 Å². The molecule has 7 fully saturated rings. The fourth-order valence-corrected chi connectivity index (χ4v) is 14.8. The van der Waals surface area contributed by atoms with Gasteiger partial charge in [0.15, 0.2) is 12.6 Å². The Morgan fingerprint density at radius 3 is 1.99 bits per heavy atom. The summed E-state index contributed by atoms with van der Waals surface area (Å²) in [6.07, 6.45) is -16.7. The number of fused-ring (bicyclic) bond motifs is 7. The Morgan fingerprint density at radius 1 is 0.687 bits per heavy atom. The van der Waals surface area contributed by atoms with Crippen LogP contribution in [0.15, 0.2) is 11.6 Å². The van der Waals surface area contributed by atoms with E-state index in [9.17, 15) is 65.8 Å². The molecule has 5 aliphatic carbocycles. The molecule has 0 unspecified atom stereocenters. The van der Waals surface area contributed by atoms with Crippen molar-refractivity contribution in [1.82, 2.24) is 0 Å². The van der Waals surface area contributed by atoms with Gasteiger partial charge in [-0.1, -0.05) is 46.3 Å². The second-order valence-electron chi connectivity index (χ2n) is 23.3. The molecule has 0 aromatic rings. The van der Waals surface area contributed by atoms with Crippen molar-refractivity contribution in [1.29, 1.82) is 0 Å². The lowest BCUT2D eigenvalue weighted by atomic mass is 9.33. The van der Waals surface area contributed by atoms with Crippen LogP contribution in [0.3, 0.4) is 0 Å². The maximum absolute atomic E-state index is 15.0. The molecular formula is C48H76O19. The average molecular weight is 957 g/mol. The number of carbonyl (C=O) groups is 2. The van der Waals surface area contributed by atoms with Crippen LogP contribution >= 0.6 is 0 Å².